The number of aromatic nitrogens is 3. The fourth-order valence-corrected chi connectivity index (χ4v) is 4.04. The SMILES string of the molecule is CCn1c(CNc2ccc(C)c(Cl)c2)nnc1SCC(=O)Nc1cc(C(F)(F)F)ccc1Cl. The molecular weight excluding hydrogens is 498 g/mol. The van der Waals surface area contributed by atoms with Gasteiger partial charge in [0.15, 0.2) is 11.0 Å². The molecule has 33 heavy (non-hydrogen) atoms. The van der Waals surface area contributed by atoms with Crippen LogP contribution in [0.25, 0.3) is 0 Å². The van der Waals surface area contributed by atoms with Crippen LogP contribution in [-0.2, 0) is 24.1 Å². The van der Waals surface area contributed by atoms with E-state index in [1.54, 1.807) is 0 Å². The Balaban J connectivity index is 1.62. The van der Waals surface area contributed by atoms with Crippen LogP contribution in [0.5, 0.6) is 0 Å². The maximum atomic E-state index is 12.9. The summed E-state index contributed by atoms with van der Waals surface area (Å²) in [6.45, 7) is 4.80. The molecule has 1 heterocycles. The maximum absolute atomic E-state index is 12.9. The zero-order valence-electron chi connectivity index (χ0n) is 17.6. The van der Waals surface area contributed by atoms with Crippen molar-refractivity contribution in [2.75, 3.05) is 16.4 Å². The molecule has 2 aromatic carbocycles. The largest absolute Gasteiger partial charge is 0.416 e. The van der Waals surface area contributed by atoms with E-state index in [9.17, 15) is 18.0 Å². The summed E-state index contributed by atoms with van der Waals surface area (Å²) in [5.41, 5.74) is 0.813. The molecule has 0 aliphatic heterocycles. The molecule has 0 saturated carbocycles. The van der Waals surface area contributed by atoms with E-state index in [1.165, 1.54) is 0 Å². The number of thioether (sulfide) groups is 1. The summed E-state index contributed by atoms with van der Waals surface area (Å²) in [6, 6.07) is 8.40. The lowest BCUT2D eigenvalue weighted by Crippen LogP contribution is -2.16. The van der Waals surface area contributed by atoms with E-state index in [0.29, 0.717) is 29.1 Å². The highest BCUT2D eigenvalue weighted by Crippen LogP contribution is 2.34. The molecule has 0 aliphatic carbocycles. The Bertz CT molecular complexity index is 1150. The molecule has 3 aromatic rings. The van der Waals surface area contributed by atoms with Crippen LogP contribution in [0.15, 0.2) is 41.6 Å². The van der Waals surface area contributed by atoms with Crippen LogP contribution < -0.4 is 10.6 Å². The average molecular weight is 518 g/mol. The van der Waals surface area contributed by atoms with Crippen molar-refractivity contribution < 1.29 is 18.0 Å². The standard InChI is InChI=1S/C21H20Cl2F3N5OS/c1-3-31-18(10-27-14-6-4-12(2)16(23)9-14)29-30-20(31)33-11-19(32)28-17-8-13(21(24,25)26)5-7-15(17)22/h4-9,27H,3,10-11H2,1-2H3,(H,28,32). The number of hydrogen-bond acceptors (Lipinski definition) is 5. The molecule has 6 nitrogen and oxygen atoms in total. The van der Waals surface area contributed by atoms with Crippen molar-refractivity contribution in [2.45, 2.75) is 38.3 Å². The number of carbonyl (C=O) groups is 1. The second kappa shape index (κ2) is 10.7. The van der Waals surface area contributed by atoms with Gasteiger partial charge in [-0.15, -0.1) is 10.2 Å². The zero-order chi connectivity index (χ0) is 24.2. The van der Waals surface area contributed by atoms with Crippen LogP contribution >= 0.6 is 35.0 Å². The smallest absolute Gasteiger partial charge is 0.378 e. The van der Waals surface area contributed by atoms with Gasteiger partial charge in [-0.25, -0.2) is 0 Å². The highest BCUT2D eigenvalue weighted by molar-refractivity contribution is 7.99. The van der Waals surface area contributed by atoms with Gasteiger partial charge in [0.05, 0.1) is 28.6 Å². The summed E-state index contributed by atoms with van der Waals surface area (Å²) in [5.74, 6) is 0.0741. The predicted octanol–water partition coefficient (Wildman–Crippen LogP) is 6.27. The first-order valence-electron chi connectivity index (χ1n) is 9.80. The fraction of sp³-hybridized carbons (Fsp3) is 0.286. The van der Waals surface area contributed by atoms with Gasteiger partial charge in [0.25, 0.3) is 0 Å². The number of nitrogens with one attached hydrogen (secondary N) is 2. The van der Waals surface area contributed by atoms with Crippen molar-refractivity contribution in [3.63, 3.8) is 0 Å². The third kappa shape index (κ3) is 6.55. The number of carbonyl (C=O) groups excluding carboxylic acids is 1. The number of amides is 1. The number of halogens is 5. The van der Waals surface area contributed by atoms with Gasteiger partial charge >= 0.3 is 6.18 Å². The molecule has 0 fully saturated rings. The van der Waals surface area contributed by atoms with Crippen LogP contribution in [0.3, 0.4) is 0 Å². The Labute approximate surface area is 202 Å². The lowest BCUT2D eigenvalue weighted by molar-refractivity contribution is -0.137. The molecule has 0 unspecified atom stereocenters. The highest BCUT2D eigenvalue weighted by Gasteiger charge is 2.31. The summed E-state index contributed by atoms with van der Waals surface area (Å²) in [4.78, 5) is 12.3. The van der Waals surface area contributed by atoms with Crippen LogP contribution in [0, 0.1) is 6.92 Å². The number of benzene rings is 2. The van der Waals surface area contributed by atoms with E-state index in [2.05, 4.69) is 20.8 Å². The summed E-state index contributed by atoms with van der Waals surface area (Å²) in [5, 5.41) is 15.1. The maximum Gasteiger partial charge on any atom is 0.416 e. The van der Waals surface area contributed by atoms with Gasteiger partial charge in [0, 0.05) is 17.3 Å². The summed E-state index contributed by atoms with van der Waals surface area (Å²) in [6.07, 6.45) is -4.54. The van der Waals surface area contributed by atoms with Crippen molar-refractivity contribution in [1.29, 1.82) is 0 Å². The number of alkyl halides is 3. The number of hydrogen-bond donors (Lipinski definition) is 2. The first-order chi connectivity index (χ1) is 15.6. The van der Waals surface area contributed by atoms with E-state index in [-0.39, 0.29) is 16.5 Å². The lowest BCUT2D eigenvalue weighted by atomic mass is 10.2. The molecule has 12 heteroatoms. The Kier molecular flexibility index (Phi) is 8.14. The van der Waals surface area contributed by atoms with E-state index < -0.39 is 17.6 Å². The predicted molar refractivity (Wildman–Crippen MR) is 125 cm³/mol. The van der Waals surface area contributed by atoms with Crippen molar-refractivity contribution in [3.8, 4) is 0 Å². The van der Waals surface area contributed by atoms with Crippen molar-refractivity contribution in [1.82, 2.24) is 14.8 Å². The quantitative estimate of drug-likeness (QED) is 0.344. The van der Waals surface area contributed by atoms with Gasteiger partial charge in [-0.05, 0) is 49.7 Å². The molecule has 0 aliphatic rings. The second-order valence-electron chi connectivity index (χ2n) is 6.99. The van der Waals surface area contributed by atoms with Gasteiger partial charge in [0.2, 0.25) is 5.91 Å². The number of rotatable bonds is 8. The zero-order valence-corrected chi connectivity index (χ0v) is 20.0. The van der Waals surface area contributed by atoms with Gasteiger partial charge in [0.1, 0.15) is 0 Å². The minimum absolute atomic E-state index is 0.0163. The van der Waals surface area contributed by atoms with Crippen LogP contribution in [0.1, 0.15) is 23.9 Å². The molecule has 1 amide bonds. The van der Waals surface area contributed by atoms with Crippen molar-refractivity contribution >= 4 is 52.2 Å². The molecule has 0 radical (unpaired) electrons. The molecule has 2 N–H and O–H groups in total. The molecule has 0 bridgehead atoms. The van der Waals surface area contributed by atoms with E-state index in [0.717, 1.165) is 41.2 Å². The van der Waals surface area contributed by atoms with E-state index >= 15 is 0 Å². The van der Waals surface area contributed by atoms with E-state index in [4.69, 9.17) is 23.2 Å². The number of nitrogens with zero attached hydrogens (tertiary/aromatic N) is 3. The van der Waals surface area contributed by atoms with Gasteiger partial charge in [-0.2, -0.15) is 13.2 Å². The molecule has 0 saturated heterocycles. The Morgan fingerprint density at radius 1 is 1.12 bits per heavy atom. The molecule has 0 atom stereocenters. The number of anilines is 2. The minimum Gasteiger partial charge on any atom is -0.378 e. The second-order valence-corrected chi connectivity index (χ2v) is 8.75. The summed E-state index contributed by atoms with van der Waals surface area (Å²) < 4.78 is 40.6. The molecule has 176 valence electrons. The lowest BCUT2D eigenvalue weighted by Gasteiger charge is -2.12. The molecular formula is C21H20Cl2F3N5OS. The van der Waals surface area contributed by atoms with Crippen molar-refractivity contribution in [3.05, 3.63) is 63.4 Å². The minimum atomic E-state index is -4.54. The molecule has 0 spiro atoms. The average Bonchev–Trinajstić information content (AvgIpc) is 3.15. The van der Waals surface area contributed by atoms with Gasteiger partial charge in [-0.3, -0.25) is 4.79 Å². The third-order valence-electron chi connectivity index (χ3n) is 4.63. The topological polar surface area (TPSA) is 71.8 Å². The van der Waals surface area contributed by atoms with Gasteiger partial charge < -0.3 is 15.2 Å². The fourth-order valence-electron chi connectivity index (χ4n) is 2.87. The van der Waals surface area contributed by atoms with Crippen LogP contribution in [0.2, 0.25) is 10.0 Å². The highest BCUT2D eigenvalue weighted by atomic mass is 35.5. The Hall–Kier alpha value is -2.43. The summed E-state index contributed by atoms with van der Waals surface area (Å²) in [7, 11) is 0. The molecule has 1 aromatic heterocycles. The van der Waals surface area contributed by atoms with E-state index in [1.807, 2.05) is 36.6 Å². The Morgan fingerprint density at radius 2 is 1.88 bits per heavy atom. The first-order valence-corrected chi connectivity index (χ1v) is 11.5. The summed E-state index contributed by atoms with van der Waals surface area (Å²) >= 11 is 13.2. The van der Waals surface area contributed by atoms with Crippen LogP contribution in [0.4, 0.5) is 24.5 Å². The van der Waals surface area contributed by atoms with Crippen molar-refractivity contribution in [2.24, 2.45) is 0 Å². The Morgan fingerprint density at radius 3 is 2.55 bits per heavy atom. The number of aryl methyl sites for hydroxylation is 1. The monoisotopic (exact) mass is 517 g/mol. The normalized spacial score (nSPS) is 11.5. The first kappa shape index (κ1) is 25.2. The molecule has 3 rings (SSSR count). The van der Waals surface area contributed by atoms with Gasteiger partial charge in [-0.1, -0.05) is 41.0 Å². The third-order valence-corrected chi connectivity index (χ3v) is 6.34. The van der Waals surface area contributed by atoms with Crippen LogP contribution in [-0.4, -0.2) is 26.4 Å².